The summed E-state index contributed by atoms with van der Waals surface area (Å²) in [6.07, 6.45) is 1.98. The van der Waals surface area contributed by atoms with E-state index in [1.165, 1.54) is 0 Å². The van der Waals surface area contributed by atoms with Crippen LogP contribution in [-0.2, 0) is 16.1 Å². The summed E-state index contributed by atoms with van der Waals surface area (Å²) in [5.74, 6) is 0.220. The monoisotopic (exact) mass is 323 g/mol. The number of hydrogen-bond acceptors (Lipinski definition) is 3. The van der Waals surface area contributed by atoms with Crippen molar-refractivity contribution < 1.29 is 9.59 Å². The maximum absolute atomic E-state index is 11.9. The third-order valence-electron chi connectivity index (χ3n) is 3.89. The normalized spacial score (nSPS) is 13.2. The van der Waals surface area contributed by atoms with Crippen LogP contribution >= 0.6 is 0 Å². The van der Waals surface area contributed by atoms with Gasteiger partial charge in [-0.15, -0.1) is 0 Å². The minimum atomic E-state index is -0.0648. The molecule has 5 heteroatoms. The predicted octanol–water partition coefficient (Wildman–Crippen LogP) is 2.76. The zero-order valence-corrected chi connectivity index (χ0v) is 13.4. The summed E-state index contributed by atoms with van der Waals surface area (Å²) in [6, 6.07) is 17.2. The molecule has 0 radical (unpaired) electrons. The molecule has 0 heterocycles. The van der Waals surface area contributed by atoms with Crippen LogP contribution in [-0.4, -0.2) is 18.4 Å². The Morgan fingerprint density at radius 2 is 1.58 bits per heavy atom. The quantitative estimate of drug-likeness (QED) is 0.734. The van der Waals surface area contributed by atoms with Gasteiger partial charge in [-0.2, -0.15) is 0 Å². The Balaban J connectivity index is 1.40. The van der Waals surface area contributed by atoms with Gasteiger partial charge in [0.05, 0.1) is 6.54 Å². The van der Waals surface area contributed by atoms with Gasteiger partial charge >= 0.3 is 0 Å². The number of anilines is 2. The van der Waals surface area contributed by atoms with E-state index in [0.29, 0.717) is 6.54 Å². The molecule has 2 aromatic rings. The van der Waals surface area contributed by atoms with Crippen molar-refractivity contribution in [2.24, 2.45) is 5.92 Å². The summed E-state index contributed by atoms with van der Waals surface area (Å²) in [4.78, 5) is 23.5. The lowest BCUT2D eigenvalue weighted by molar-refractivity contribution is -0.119. The molecule has 0 unspecified atom stereocenters. The Kier molecular flexibility index (Phi) is 5.11. The van der Waals surface area contributed by atoms with Gasteiger partial charge in [0.25, 0.3) is 0 Å². The highest BCUT2D eigenvalue weighted by molar-refractivity contribution is 5.94. The zero-order valence-electron chi connectivity index (χ0n) is 13.4. The van der Waals surface area contributed by atoms with Gasteiger partial charge in [0, 0.05) is 23.8 Å². The van der Waals surface area contributed by atoms with Crippen LogP contribution in [0.1, 0.15) is 18.4 Å². The highest BCUT2D eigenvalue weighted by atomic mass is 16.2. The van der Waals surface area contributed by atoms with Crippen molar-refractivity contribution in [2.75, 3.05) is 17.2 Å². The summed E-state index contributed by atoms with van der Waals surface area (Å²) in [6.45, 7) is 0.730. The molecular weight excluding hydrogens is 302 g/mol. The number of amides is 2. The molecule has 2 aromatic carbocycles. The first kappa shape index (κ1) is 16.1. The van der Waals surface area contributed by atoms with E-state index >= 15 is 0 Å². The van der Waals surface area contributed by atoms with Crippen LogP contribution in [0.25, 0.3) is 0 Å². The standard InChI is InChI=1S/C19H21N3O2/c23-18(21-12-14-4-2-1-3-5-14)13-20-16-8-10-17(11-9-16)22-19(24)15-6-7-15/h1-5,8-11,15,20H,6-7,12-13H2,(H,21,23)(H,22,24). The minimum absolute atomic E-state index is 0.0648. The largest absolute Gasteiger partial charge is 0.376 e. The highest BCUT2D eigenvalue weighted by Crippen LogP contribution is 2.30. The lowest BCUT2D eigenvalue weighted by Gasteiger charge is -2.09. The topological polar surface area (TPSA) is 70.2 Å². The Morgan fingerprint density at radius 1 is 0.917 bits per heavy atom. The highest BCUT2D eigenvalue weighted by Gasteiger charge is 2.29. The molecule has 3 rings (SSSR count). The van der Waals surface area contributed by atoms with Crippen LogP contribution in [0.4, 0.5) is 11.4 Å². The van der Waals surface area contributed by atoms with Crippen molar-refractivity contribution in [1.82, 2.24) is 5.32 Å². The molecule has 5 nitrogen and oxygen atoms in total. The number of carbonyl (C=O) groups excluding carboxylic acids is 2. The maximum atomic E-state index is 11.9. The second-order valence-corrected chi connectivity index (χ2v) is 5.96. The average molecular weight is 323 g/mol. The lowest BCUT2D eigenvalue weighted by Crippen LogP contribution is -2.29. The molecule has 124 valence electrons. The van der Waals surface area contributed by atoms with Crippen molar-refractivity contribution >= 4 is 23.2 Å². The molecule has 1 saturated carbocycles. The van der Waals surface area contributed by atoms with Crippen LogP contribution in [0.15, 0.2) is 54.6 Å². The number of rotatable bonds is 7. The second-order valence-electron chi connectivity index (χ2n) is 5.96. The van der Waals surface area contributed by atoms with E-state index in [4.69, 9.17) is 0 Å². The van der Waals surface area contributed by atoms with Crippen molar-refractivity contribution in [3.63, 3.8) is 0 Å². The molecule has 0 spiro atoms. The van der Waals surface area contributed by atoms with Gasteiger partial charge in [-0.25, -0.2) is 0 Å². The Labute approximate surface area is 141 Å². The zero-order chi connectivity index (χ0) is 16.8. The maximum Gasteiger partial charge on any atom is 0.239 e. The average Bonchev–Trinajstić information content (AvgIpc) is 3.45. The molecule has 0 saturated heterocycles. The molecule has 0 atom stereocenters. The fourth-order valence-corrected chi connectivity index (χ4v) is 2.30. The van der Waals surface area contributed by atoms with E-state index in [9.17, 15) is 9.59 Å². The summed E-state index contributed by atoms with van der Waals surface area (Å²) in [5, 5.41) is 8.83. The smallest absolute Gasteiger partial charge is 0.239 e. The van der Waals surface area contributed by atoms with Gasteiger partial charge in [-0.05, 0) is 42.7 Å². The van der Waals surface area contributed by atoms with Crippen molar-refractivity contribution in [1.29, 1.82) is 0 Å². The lowest BCUT2D eigenvalue weighted by atomic mass is 10.2. The number of hydrogen-bond donors (Lipinski definition) is 3. The third kappa shape index (κ3) is 4.84. The van der Waals surface area contributed by atoms with Gasteiger partial charge < -0.3 is 16.0 Å². The van der Waals surface area contributed by atoms with Crippen LogP contribution in [0.2, 0.25) is 0 Å². The summed E-state index contributed by atoms with van der Waals surface area (Å²) in [5.41, 5.74) is 2.70. The van der Waals surface area contributed by atoms with E-state index in [1.807, 2.05) is 54.6 Å². The van der Waals surface area contributed by atoms with Crippen LogP contribution in [0.3, 0.4) is 0 Å². The van der Waals surface area contributed by atoms with E-state index in [1.54, 1.807) is 0 Å². The fourth-order valence-electron chi connectivity index (χ4n) is 2.30. The molecule has 1 aliphatic rings. The Bertz CT molecular complexity index is 694. The molecule has 0 bridgehead atoms. The van der Waals surface area contributed by atoms with Crippen molar-refractivity contribution in [2.45, 2.75) is 19.4 Å². The molecular formula is C19H21N3O2. The number of nitrogens with one attached hydrogen (secondary N) is 3. The van der Waals surface area contributed by atoms with Gasteiger partial charge in [-0.3, -0.25) is 9.59 Å². The van der Waals surface area contributed by atoms with E-state index < -0.39 is 0 Å². The Hall–Kier alpha value is -2.82. The molecule has 0 aromatic heterocycles. The molecule has 1 aliphatic carbocycles. The second kappa shape index (κ2) is 7.64. The first-order valence-electron chi connectivity index (χ1n) is 8.16. The summed E-state index contributed by atoms with van der Waals surface area (Å²) >= 11 is 0. The van der Waals surface area contributed by atoms with Crippen LogP contribution in [0, 0.1) is 5.92 Å². The Morgan fingerprint density at radius 3 is 2.25 bits per heavy atom. The molecule has 2 amide bonds. The van der Waals surface area contributed by atoms with E-state index in [-0.39, 0.29) is 24.3 Å². The van der Waals surface area contributed by atoms with E-state index in [0.717, 1.165) is 29.8 Å². The van der Waals surface area contributed by atoms with Crippen LogP contribution < -0.4 is 16.0 Å². The number of benzene rings is 2. The van der Waals surface area contributed by atoms with Gasteiger partial charge in [-0.1, -0.05) is 30.3 Å². The molecule has 1 fully saturated rings. The third-order valence-corrected chi connectivity index (χ3v) is 3.89. The first-order valence-corrected chi connectivity index (χ1v) is 8.16. The van der Waals surface area contributed by atoms with Gasteiger partial charge in [0.2, 0.25) is 11.8 Å². The molecule has 0 aliphatic heterocycles. The fraction of sp³-hybridized carbons (Fsp3) is 0.263. The summed E-state index contributed by atoms with van der Waals surface area (Å²) < 4.78 is 0. The SMILES string of the molecule is O=C(CNc1ccc(NC(=O)C2CC2)cc1)NCc1ccccc1. The van der Waals surface area contributed by atoms with Crippen LogP contribution in [0.5, 0.6) is 0 Å². The van der Waals surface area contributed by atoms with Crippen molar-refractivity contribution in [3.05, 3.63) is 60.2 Å². The molecule has 24 heavy (non-hydrogen) atoms. The molecule has 3 N–H and O–H groups in total. The minimum Gasteiger partial charge on any atom is -0.376 e. The van der Waals surface area contributed by atoms with E-state index in [2.05, 4.69) is 16.0 Å². The van der Waals surface area contributed by atoms with Gasteiger partial charge in [0.15, 0.2) is 0 Å². The summed E-state index contributed by atoms with van der Waals surface area (Å²) in [7, 11) is 0. The first-order chi connectivity index (χ1) is 11.7. The van der Waals surface area contributed by atoms with Gasteiger partial charge in [0.1, 0.15) is 0 Å². The van der Waals surface area contributed by atoms with Crippen molar-refractivity contribution in [3.8, 4) is 0 Å². The number of carbonyl (C=O) groups is 2. The predicted molar refractivity (Wildman–Crippen MR) is 94.6 cm³/mol.